The maximum Gasteiger partial charge on any atom is 0.277 e. The Bertz CT molecular complexity index is 1650. The summed E-state index contributed by atoms with van der Waals surface area (Å²) >= 11 is 0. The van der Waals surface area contributed by atoms with Gasteiger partial charge >= 0.3 is 0 Å². The van der Waals surface area contributed by atoms with Crippen LogP contribution in [0.15, 0.2) is 108 Å². The summed E-state index contributed by atoms with van der Waals surface area (Å²) in [5, 5.41) is 2.32. The molecule has 1 aliphatic heterocycles. The Labute approximate surface area is 209 Å². The molecule has 1 fully saturated rings. The normalized spacial score (nSPS) is 16.2. The van der Waals surface area contributed by atoms with Gasteiger partial charge < -0.3 is 9.47 Å². The monoisotopic (exact) mass is 471 g/mol. The zero-order valence-electron chi connectivity index (χ0n) is 20.2. The van der Waals surface area contributed by atoms with E-state index >= 15 is 0 Å². The quantitative estimate of drug-likeness (QED) is 0.302. The van der Waals surface area contributed by atoms with Gasteiger partial charge in [-0.25, -0.2) is 4.99 Å². The first kappa shape index (κ1) is 21.8. The van der Waals surface area contributed by atoms with Crippen molar-refractivity contribution in [1.82, 2.24) is 19.4 Å². The molecular weight excluding hydrogens is 446 g/mol. The Balaban J connectivity index is 1.47. The largest absolute Gasteiger partial charge is 0.310 e. The fourth-order valence-corrected chi connectivity index (χ4v) is 4.87. The van der Waals surface area contributed by atoms with Gasteiger partial charge in [-0.15, -0.1) is 0 Å². The average molecular weight is 472 g/mol. The molecule has 3 heterocycles. The van der Waals surface area contributed by atoms with Gasteiger partial charge in [0.2, 0.25) is 5.96 Å². The van der Waals surface area contributed by atoms with Crippen LogP contribution in [0, 0.1) is 0 Å². The second-order valence-electron chi connectivity index (χ2n) is 8.73. The molecule has 36 heavy (non-hydrogen) atoms. The van der Waals surface area contributed by atoms with E-state index in [9.17, 15) is 4.79 Å². The third-order valence-corrected chi connectivity index (χ3v) is 6.57. The van der Waals surface area contributed by atoms with E-state index in [2.05, 4.69) is 76.3 Å². The number of carbonyl (C=O) groups excluding carboxylic acids is 1. The van der Waals surface area contributed by atoms with Crippen molar-refractivity contribution in [2.75, 3.05) is 13.6 Å². The molecule has 1 saturated heterocycles. The number of carbonyl (C=O) groups is 1. The van der Waals surface area contributed by atoms with Crippen LogP contribution in [0.3, 0.4) is 0 Å². The third-order valence-electron chi connectivity index (χ3n) is 6.57. The van der Waals surface area contributed by atoms with Crippen LogP contribution in [0.2, 0.25) is 0 Å². The van der Waals surface area contributed by atoms with Crippen LogP contribution in [-0.2, 0) is 4.79 Å². The molecule has 0 unspecified atom stereocenters. The van der Waals surface area contributed by atoms with Gasteiger partial charge in [-0.05, 0) is 61.0 Å². The third kappa shape index (κ3) is 3.55. The van der Waals surface area contributed by atoms with Crippen molar-refractivity contribution >= 4 is 45.4 Å². The van der Waals surface area contributed by atoms with Gasteiger partial charge in [0.05, 0.1) is 22.9 Å². The minimum absolute atomic E-state index is 0.0607. The van der Waals surface area contributed by atoms with Crippen LogP contribution in [0.1, 0.15) is 12.5 Å². The second kappa shape index (κ2) is 8.82. The van der Waals surface area contributed by atoms with Gasteiger partial charge in [0.25, 0.3) is 5.91 Å². The lowest BCUT2D eigenvalue weighted by Crippen LogP contribution is -2.32. The van der Waals surface area contributed by atoms with Crippen molar-refractivity contribution in [3.8, 4) is 5.69 Å². The SMILES string of the molecule is CCN1C(=O)/C(=C\c2ccc3c(c2)c2ccccc2n3-c2ccccc2)N(C)C1=Nc1cccnc1. The molecule has 0 saturated carbocycles. The molecule has 2 aromatic heterocycles. The number of hydrogen-bond acceptors (Lipinski definition) is 3. The number of pyridine rings is 1. The molecule has 1 aliphatic rings. The number of benzene rings is 3. The summed E-state index contributed by atoms with van der Waals surface area (Å²) in [4.78, 5) is 25.7. The van der Waals surface area contributed by atoms with Gasteiger partial charge in [-0.3, -0.25) is 14.7 Å². The van der Waals surface area contributed by atoms with Crippen molar-refractivity contribution < 1.29 is 4.79 Å². The van der Waals surface area contributed by atoms with Gasteiger partial charge in [0.15, 0.2) is 0 Å². The smallest absolute Gasteiger partial charge is 0.277 e. The number of guanidine groups is 1. The van der Waals surface area contributed by atoms with E-state index in [1.165, 1.54) is 5.39 Å². The highest BCUT2D eigenvalue weighted by Gasteiger charge is 2.36. The number of aromatic nitrogens is 2. The van der Waals surface area contributed by atoms with Crippen molar-refractivity contribution in [1.29, 1.82) is 0 Å². The number of aliphatic imine (C=N–C) groups is 1. The predicted octanol–water partition coefficient (Wildman–Crippen LogP) is 6.00. The first-order valence-corrected chi connectivity index (χ1v) is 12.0. The van der Waals surface area contributed by atoms with Crippen LogP contribution in [-0.4, -0.2) is 44.8 Å². The van der Waals surface area contributed by atoms with E-state index in [4.69, 9.17) is 4.99 Å². The average Bonchev–Trinajstić information content (AvgIpc) is 3.36. The summed E-state index contributed by atoms with van der Waals surface area (Å²) in [6.45, 7) is 2.49. The molecule has 0 radical (unpaired) electrons. The van der Waals surface area contributed by atoms with Crippen LogP contribution < -0.4 is 0 Å². The summed E-state index contributed by atoms with van der Waals surface area (Å²) in [5.41, 5.74) is 5.67. The van der Waals surface area contributed by atoms with Crippen molar-refractivity contribution in [2.45, 2.75) is 6.92 Å². The molecule has 176 valence electrons. The molecular formula is C30H25N5O. The van der Waals surface area contributed by atoms with E-state index in [0.29, 0.717) is 23.9 Å². The maximum absolute atomic E-state index is 13.3. The summed E-state index contributed by atoms with van der Waals surface area (Å²) in [5.74, 6) is 0.540. The van der Waals surface area contributed by atoms with E-state index in [1.807, 2.05) is 43.1 Å². The van der Waals surface area contributed by atoms with Crippen LogP contribution in [0.5, 0.6) is 0 Å². The lowest BCUT2D eigenvalue weighted by Gasteiger charge is -2.16. The molecule has 6 heteroatoms. The Hall–Kier alpha value is -4.71. The minimum Gasteiger partial charge on any atom is -0.310 e. The molecule has 6 rings (SSSR count). The molecule has 6 nitrogen and oxygen atoms in total. The highest BCUT2D eigenvalue weighted by atomic mass is 16.2. The predicted molar refractivity (Wildman–Crippen MR) is 145 cm³/mol. The lowest BCUT2D eigenvalue weighted by molar-refractivity contribution is -0.122. The first-order chi connectivity index (χ1) is 17.7. The summed E-state index contributed by atoms with van der Waals surface area (Å²) in [6, 6.07) is 28.9. The van der Waals surface area contributed by atoms with Crippen molar-refractivity contribution in [3.05, 3.63) is 109 Å². The molecule has 0 N–H and O–H groups in total. The van der Waals surface area contributed by atoms with E-state index in [0.717, 1.165) is 27.7 Å². The molecule has 1 amide bonds. The van der Waals surface area contributed by atoms with Crippen molar-refractivity contribution in [2.24, 2.45) is 4.99 Å². The van der Waals surface area contributed by atoms with Crippen LogP contribution in [0.4, 0.5) is 5.69 Å². The Morgan fingerprint density at radius 2 is 1.67 bits per heavy atom. The Morgan fingerprint density at radius 1 is 0.889 bits per heavy atom. The molecule has 0 bridgehead atoms. The summed E-state index contributed by atoms with van der Waals surface area (Å²) < 4.78 is 2.28. The zero-order chi connectivity index (χ0) is 24.6. The molecule has 0 aliphatic carbocycles. The van der Waals surface area contributed by atoms with Crippen LogP contribution in [0.25, 0.3) is 33.6 Å². The van der Waals surface area contributed by atoms with E-state index < -0.39 is 0 Å². The summed E-state index contributed by atoms with van der Waals surface area (Å²) in [7, 11) is 1.88. The number of rotatable bonds is 4. The maximum atomic E-state index is 13.3. The fraction of sp³-hybridized carbons (Fsp3) is 0.100. The molecule has 0 atom stereocenters. The highest BCUT2D eigenvalue weighted by Crippen LogP contribution is 2.33. The molecule has 3 aromatic carbocycles. The van der Waals surface area contributed by atoms with Crippen LogP contribution >= 0.6 is 0 Å². The van der Waals surface area contributed by atoms with E-state index in [1.54, 1.807) is 17.3 Å². The zero-order valence-corrected chi connectivity index (χ0v) is 20.2. The summed E-state index contributed by atoms with van der Waals surface area (Å²) in [6.07, 6.45) is 5.35. The second-order valence-corrected chi connectivity index (χ2v) is 8.73. The van der Waals surface area contributed by atoms with Gasteiger partial charge in [0, 0.05) is 36.2 Å². The number of fused-ring (bicyclic) bond motifs is 3. The number of amides is 1. The Morgan fingerprint density at radius 3 is 2.44 bits per heavy atom. The van der Waals surface area contributed by atoms with Gasteiger partial charge in [-0.2, -0.15) is 0 Å². The molecule has 5 aromatic rings. The fourth-order valence-electron chi connectivity index (χ4n) is 4.87. The number of nitrogens with zero attached hydrogens (tertiary/aromatic N) is 5. The van der Waals surface area contributed by atoms with Crippen molar-refractivity contribution in [3.63, 3.8) is 0 Å². The topological polar surface area (TPSA) is 53.7 Å². The van der Waals surface area contributed by atoms with E-state index in [-0.39, 0.29) is 5.91 Å². The molecule has 0 spiro atoms. The Kier molecular flexibility index (Phi) is 5.34. The highest BCUT2D eigenvalue weighted by molar-refractivity contribution is 6.16. The standard InChI is InChI=1S/C30H25N5O/c1-3-34-29(36)28(33(2)30(34)32-22-10-9-17-31-20-22)19-21-15-16-27-25(18-21)24-13-7-8-14-26(24)35(27)23-11-5-4-6-12-23/h4-20H,3H2,1-2H3/b28-19+,32-30?. The van der Waals surface area contributed by atoms with Gasteiger partial charge in [-0.1, -0.05) is 42.5 Å². The lowest BCUT2D eigenvalue weighted by atomic mass is 10.1. The number of hydrogen-bond donors (Lipinski definition) is 0. The van der Waals surface area contributed by atoms with Gasteiger partial charge in [0.1, 0.15) is 5.70 Å². The first-order valence-electron chi connectivity index (χ1n) is 12.0. The minimum atomic E-state index is -0.0607. The number of likely N-dealkylation sites (N-methyl/N-ethyl adjacent to an activating group) is 2. The number of para-hydroxylation sites is 2.